The number of hydrogen-bond acceptors (Lipinski definition) is 7. The van der Waals surface area contributed by atoms with Gasteiger partial charge in [-0.3, -0.25) is 0 Å². The maximum Gasteiger partial charge on any atom is 0.182 e. The van der Waals surface area contributed by atoms with Gasteiger partial charge < -0.3 is 21.7 Å². The number of nitrogen functional groups attached to an aromatic ring is 1. The Morgan fingerprint density at radius 3 is 2.81 bits per heavy atom. The number of rotatable bonds is 5. The first-order valence-electron chi connectivity index (χ1n) is 9.01. The number of pyridine rings is 1. The first-order chi connectivity index (χ1) is 13.1. The van der Waals surface area contributed by atoms with E-state index in [-0.39, 0.29) is 6.04 Å². The summed E-state index contributed by atoms with van der Waals surface area (Å²) in [5.74, 6) is 1.58. The Bertz CT molecular complexity index is 993. The Hall–Kier alpha value is -3.19. The van der Waals surface area contributed by atoms with Gasteiger partial charge in [0.15, 0.2) is 5.65 Å². The third-order valence-electron chi connectivity index (χ3n) is 4.60. The predicted molar refractivity (Wildman–Crippen MR) is 110 cm³/mol. The standard InChI is InChI=1S/C20H23N7/c1-2-3-14-5-4-13(8-16(14)22)9-24-18-10-23-17-6-7-19(26-20(17)25-18)27-11-15(21)12-27/h2-8,10,15H,9,11-12,21-22H2,1H3,(H,24,25,26)/b3-2-. The zero-order chi connectivity index (χ0) is 18.8. The van der Waals surface area contributed by atoms with Crippen molar-refractivity contribution in [2.24, 2.45) is 5.73 Å². The highest BCUT2D eigenvalue weighted by Crippen LogP contribution is 2.21. The van der Waals surface area contributed by atoms with Crippen LogP contribution in [0.25, 0.3) is 17.2 Å². The maximum absolute atomic E-state index is 6.09. The van der Waals surface area contributed by atoms with Gasteiger partial charge >= 0.3 is 0 Å². The number of hydrogen-bond donors (Lipinski definition) is 3. The molecular formula is C20H23N7. The SMILES string of the molecule is C/C=C\c1ccc(CNc2cnc3ccc(N4CC(N)C4)nc3n2)cc1N. The molecule has 0 saturated carbocycles. The lowest BCUT2D eigenvalue weighted by atomic mass is 10.1. The molecule has 4 rings (SSSR count). The van der Waals surface area contributed by atoms with Crippen LogP contribution in [0.15, 0.2) is 42.6 Å². The van der Waals surface area contributed by atoms with Gasteiger partial charge in [-0.15, -0.1) is 0 Å². The van der Waals surface area contributed by atoms with E-state index in [4.69, 9.17) is 11.5 Å². The molecule has 138 valence electrons. The monoisotopic (exact) mass is 361 g/mol. The summed E-state index contributed by atoms with van der Waals surface area (Å²) >= 11 is 0. The van der Waals surface area contributed by atoms with Crippen LogP contribution in [0.2, 0.25) is 0 Å². The lowest BCUT2D eigenvalue weighted by Gasteiger charge is -2.37. The quantitative estimate of drug-likeness (QED) is 0.599. The number of nitrogens with one attached hydrogen (secondary N) is 1. The maximum atomic E-state index is 6.09. The van der Waals surface area contributed by atoms with Gasteiger partial charge in [-0.05, 0) is 36.2 Å². The van der Waals surface area contributed by atoms with E-state index in [1.165, 1.54) is 0 Å². The number of benzene rings is 1. The van der Waals surface area contributed by atoms with E-state index in [0.29, 0.717) is 18.0 Å². The van der Waals surface area contributed by atoms with Crippen LogP contribution in [-0.4, -0.2) is 34.1 Å². The molecule has 3 heterocycles. The van der Waals surface area contributed by atoms with Gasteiger partial charge in [0.05, 0.1) is 6.20 Å². The van der Waals surface area contributed by atoms with Crippen LogP contribution in [-0.2, 0) is 6.54 Å². The van der Waals surface area contributed by atoms with Crippen LogP contribution >= 0.6 is 0 Å². The Kier molecular flexibility index (Phi) is 4.60. The zero-order valence-corrected chi connectivity index (χ0v) is 15.3. The molecule has 1 aromatic carbocycles. The molecule has 7 heteroatoms. The van der Waals surface area contributed by atoms with Crippen LogP contribution < -0.4 is 21.7 Å². The van der Waals surface area contributed by atoms with Crippen LogP contribution in [0, 0.1) is 0 Å². The molecule has 0 radical (unpaired) electrons. The molecule has 1 fully saturated rings. The number of anilines is 3. The second kappa shape index (κ2) is 7.20. The van der Waals surface area contributed by atoms with E-state index in [1.54, 1.807) is 6.20 Å². The molecule has 1 aliphatic heterocycles. The van der Waals surface area contributed by atoms with Crippen LogP contribution in [0.1, 0.15) is 18.1 Å². The van der Waals surface area contributed by atoms with Gasteiger partial charge in [-0.25, -0.2) is 15.0 Å². The van der Waals surface area contributed by atoms with Gasteiger partial charge in [0.1, 0.15) is 17.2 Å². The molecule has 0 amide bonds. The first kappa shape index (κ1) is 17.2. The summed E-state index contributed by atoms with van der Waals surface area (Å²) in [5.41, 5.74) is 16.2. The van der Waals surface area contributed by atoms with E-state index in [1.807, 2.05) is 43.3 Å². The average Bonchev–Trinajstić information content (AvgIpc) is 2.65. The fourth-order valence-electron chi connectivity index (χ4n) is 3.11. The molecule has 0 bridgehead atoms. The molecule has 0 spiro atoms. The van der Waals surface area contributed by atoms with Gasteiger partial charge in [-0.1, -0.05) is 24.3 Å². The minimum atomic E-state index is 0.230. The summed E-state index contributed by atoms with van der Waals surface area (Å²) in [6.07, 6.45) is 5.69. The molecule has 1 saturated heterocycles. The summed E-state index contributed by atoms with van der Waals surface area (Å²) in [4.78, 5) is 15.8. The van der Waals surface area contributed by atoms with Crippen molar-refractivity contribution in [2.45, 2.75) is 19.5 Å². The van der Waals surface area contributed by atoms with Crippen molar-refractivity contribution < 1.29 is 0 Å². The molecular weight excluding hydrogens is 338 g/mol. The van der Waals surface area contributed by atoms with Crippen LogP contribution in [0.5, 0.6) is 0 Å². The highest BCUT2D eigenvalue weighted by molar-refractivity contribution is 5.74. The van der Waals surface area contributed by atoms with Gasteiger partial charge in [0, 0.05) is 31.4 Å². The summed E-state index contributed by atoms with van der Waals surface area (Å²) in [6.45, 7) is 4.24. The summed E-state index contributed by atoms with van der Waals surface area (Å²) < 4.78 is 0. The second-order valence-electron chi connectivity index (χ2n) is 6.75. The Balaban J connectivity index is 1.49. The first-order valence-corrected chi connectivity index (χ1v) is 9.01. The molecule has 7 nitrogen and oxygen atoms in total. The van der Waals surface area contributed by atoms with Crippen molar-refractivity contribution in [1.29, 1.82) is 0 Å². The number of nitrogens with zero attached hydrogens (tertiary/aromatic N) is 4. The molecule has 0 aliphatic carbocycles. The number of fused-ring (bicyclic) bond motifs is 1. The normalized spacial score (nSPS) is 14.7. The average molecular weight is 361 g/mol. The van der Waals surface area contributed by atoms with E-state index in [2.05, 4.69) is 31.2 Å². The highest BCUT2D eigenvalue weighted by atomic mass is 15.3. The van der Waals surface area contributed by atoms with Crippen molar-refractivity contribution in [3.8, 4) is 0 Å². The summed E-state index contributed by atoms with van der Waals surface area (Å²) in [7, 11) is 0. The van der Waals surface area contributed by atoms with E-state index in [0.717, 1.165) is 41.2 Å². The lowest BCUT2D eigenvalue weighted by molar-refractivity contribution is 0.515. The van der Waals surface area contributed by atoms with Crippen LogP contribution in [0.3, 0.4) is 0 Å². The third kappa shape index (κ3) is 3.68. The smallest absolute Gasteiger partial charge is 0.182 e. The highest BCUT2D eigenvalue weighted by Gasteiger charge is 2.24. The third-order valence-corrected chi connectivity index (χ3v) is 4.60. The minimum Gasteiger partial charge on any atom is -0.398 e. The zero-order valence-electron chi connectivity index (χ0n) is 15.3. The number of nitrogens with two attached hydrogens (primary N) is 2. The summed E-state index contributed by atoms with van der Waals surface area (Å²) in [6, 6.07) is 10.2. The topological polar surface area (TPSA) is 106 Å². The molecule has 0 atom stereocenters. The Morgan fingerprint density at radius 1 is 1.22 bits per heavy atom. The van der Waals surface area contributed by atoms with E-state index >= 15 is 0 Å². The number of allylic oxidation sites excluding steroid dienone is 1. The van der Waals surface area contributed by atoms with Gasteiger partial charge in [0.2, 0.25) is 0 Å². The molecule has 3 aromatic rings. The summed E-state index contributed by atoms with van der Waals surface area (Å²) in [5, 5.41) is 3.29. The largest absolute Gasteiger partial charge is 0.398 e. The molecule has 27 heavy (non-hydrogen) atoms. The predicted octanol–water partition coefficient (Wildman–Crippen LogP) is 2.40. The van der Waals surface area contributed by atoms with Crippen molar-refractivity contribution >= 4 is 34.6 Å². The molecule has 2 aromatic heterocycles. The van der Waals surface area contributed by atoms with Crippen LogP contribution in [0.4, 0.5) is 17.3 Å². The van der Waals surface area contributed by atoms with E-state index in [9.17, 15) is 0 Å². The van der Waals surface area contributed by atoms with Gasteiger partial charge in [-0.2, -0.15) is 0 Å². The van der Waals surface area contributed by atoms with E-state index < -0.39 is 0 Å². The van der Waals surface area contributed by atoms with Gasteiger partial charge in [0.25, 0.3) is 0 Å². The van der Waals surface area contributed by atoms with Crippen molar-refractivity contribution in [1.82, 2.24) is 15.0 Å². The number of aromatic nitrogens is 3. The fourth-order valence-corrected chi connectivity index (χ4v) is 3.11. The Morgan fingerprint density at radius 2 is 2.07 bits per heavy atom. The molecule has 1 aliphatic rings. The Labute approximate surface area is 158 Å². The van der Waals surface area contributed by atoms with Crippen molar-refractivity contribution in [2.75, 3.05) is 29.0 Å². The second-order valence-corrected chi connectivity index (χ2v) is 6.75. The van der Waals surface area contributed by atoms with Crippen molar-refractivity contribution in [3.63, 3.8) is 0 Å². The fraction of sp³-hybridized carbons (Fsp3) is 0.250. The molecule has 5 N–H and O–H groups in total. The molecule has 0 unspecified atom stereocenters. The van der Waals surface area contributed by atoms with Crippen molar-refractivity contribution in [3.05, 3.63) is 53.7 Å². The minimum absolute atomic E-state index is 0.230. The lowest BCUT2D eigenvalue weighted by Crippen LogP contribution is -2.56.